The van der Waals surface area contributed by atoms with E-state index in [0.29, 0.717) is 25.6 Å². The smallest absolute Gasteiger partial charge is 0.240 e. The number of aromatic nitrogens is 2. The highest BCUT2D eigenvalue weighted by Crippen LogP contribution is 2.10. The van der Waals surface area contributed by atoms with E-state index in [0.717, 1.165) is 44.2 Å². The second kappa shape index (κ2) is 8.94. The van der Waals surface area contributed by atoms with Crippen LogP contribution in [0, 0.1) is 0 Å². The minimum Gasteiger partial charge on any atom is -0.491 e. The summed E-state index contributed by atoms with van der Waals surface area (Å²) in [4.78, 5) is 8.92. The van der Waals surface area contributed by atoms with E-state index in [1.54, 1.807) is 0 Å². The number of ether oxygens (including phenoxy) is 1. The highest BCUT2D eigenvalue weighted by Gasteiger charge is 2.21. The summed E-state index contributed by atoms with van der Waals surface area (Å²) in [7, 11) is 0. The third-order valence-corrected chi connectivity index (χ3v) is 4.30. The zero-order chi connectivity index (χ0) is 17.5. The van der Waals surface area contributed by atoms with Gasteiger partial charge in [-0.1, -0.05) is 30.3 Å². The highest BCUT2D eigenvalue weighted by atomic mass is 16.5. The van der Waals surface area contributed by atoms with Crippen molar-refractivity contribution in [2.75, 3.05) is 39.3 Å². The van der Waals surface area contributed by atoms with Crippen LogP contribution in [-0.2, 0) is 13.0 Å². The molecule has 2 heterocycles. The summed E-state index contributed by atoms with van der Waals surface area (Å²) < 4.78 is 10.9. The normalized spacial score (nSPS) is 17.5. The van der Waals surface area contributed by atoms with Gasteiger partial charge in [0.1, 0.15) is 18.5 Å². The summed E-state index contributed by atoms with van der Waals surface area (Å²) in [6.45, 7) is 7.33. The lowest BCUT2D eigenvalue weighted by molar-refractivity contribution is 0.0426. The number of β-amino-alcohol motifs (C(OH)–C–C–N with tert-alkyl or cyclic N) is 1. The van der Waals surface area contributed by atoms with Crippen LogP contribution in [0.1, 0.15) is 18.6 Å². The second-order valence-electron chi connectivity index (χ2n) is 6.31. The van der Waals surface area contributed by atoms with Crippen molar-refractivity contribution in [2.24, 2.45) is 0 Å². The predicted molar refractivity (Wildman–Crippen MR) is 93.3 cm³/mol. The Hall–Kier alpha value is -1.96. The number of rotatable bonds is 8. The lowest BCUT2D eigenvalue weighted by atomic mass is 10.2. The summed E-state index contributed by atoms with van der Waals surface area (Å²) >= 11 is 0. The molecule has 7 nitrogen and oxygen atoms in total. The summed E-state index contributed by atoms with van der Waals surface area (Å²) in [5.74, 6) is 2.23. The minimum atomic E-state index is -0.491. The molecular formula is C18H26N4O3. The molecule has 0 unspecified atom stereocenters. The number of piperazine rings is 1. The number of para-hydroxylation sites is 1. The van der Waals surface area contributed by atoms with Crippen LogP contribution in [0.2, 0.25) is 0 Å². The van der Waals surface area contributed by atoms with Crippen LogP contribution in [0.3, 0.4) is 0 Å². The molecule has 0 amide bonds. The van der Waals surface area contributed by atoms with Gasteiger partial charge in [-0.25, -0.2) is 0 Å². The molecule has 1 aliphatic rings. The van der Waals surface area contributed by atoms with Crippen molar-refractivity contribution in [3.63, 3.8) is 0 Å². The molecule has 1 N–H and O–H groups in total. The first-order valence-electron chi connectivity index (χ1n) is 8.85. The van der Waals surface area contributed by atoms with E-state index in [4.69, 9.17) is 9.26 Å². The molecule has 1 aliphatic heterocycles. The SMILES string of the molecule is CCc1noc(CN2CCN(C[C@H](O)COc3ccccc3)CC2)n1. The third-order valence-electron chi connectivity index (χ3n) is 4.30. The Labute approximate surface area is 148 Å². The first-order valence-corrected chi connectivity index (χ1v) is 8.85. The quantitative estimate of drug-likeness (QED) is 0.769. The fourth-order valence-electron chi connectivity index (χ4n) is 2.88. The number of aliphatic hydroxyl groups excluding tert-OH is 1. The Morgan fingerprint density at radius 1 is 1.16 bits per heavy atom. The maximum absolute atomic E-state index is 10.2. The van der Waals surface area contributed by atoms with Gasteiger partial charge in [0.25, 0.3) is 0 Å². The van der Waals surface area contributed by atoms with Gasteiger partial charge in [-0.15, -0.1) is 0 Å². The van der Waals surface area contributed by atoms with Gasteiger partial charge < -0.3 is 14.4 Å². The summed E-state index contributed by atoms with van der Waals surface area (Å²) in [5, 5.41) is 14.1. The van der Waals surface area contributed by atoms with Crippen LogP contribution >= 0.6 is 0 Å². The summed E-state index contributed by atoms with van der Waals surface area (Å²) in [6.07, 6.45) is 0.301. The maximum Gasteiger partial charge on any atom is 0.240 e. The molecule has 1 aromatic carbocycles. The van der Waals surface area contributed by atoms with Crippen LogP contribution in [-0.4, -0.2) is 70.5 Å². The van der Waals surface area contributed by atoms with Gasteiger partial charge >= 0.3 is 0 Å². The molecule has 25 heavy (non-hydrogen) atoms. The summed E-state index contributed by atoms with van der Waals surface area (Å²) in [6, 6.07) is 9.58. The van der Waals surface area contributed by atoms with Gasteiger partial charge in [0.05, 0.1) is 6.54 Å². The van der Waals surface area contributed by atoms with E-state index < -0.39 is 6.10 Å². The second-order valence-corrected chi connectivity index (χ2v) is 6.31. The van der Waals surface area contributed by atoms with Gasteiger partial charge in [-0.05, 0) is 12.1 Å². The number of hydrogen-bond acceptors (Lipinski definition) is 7. The lowest BCUT2D eigenvalue weighted by Crippen LogP contribution is -2.48. The third kappa shape index (κ3) is 5.52. The Bertz CT molecular complexity index is 626. The van der Waals surface area contributed by atoms with E-state index in [1.807, 2.05) is 37.3 Å². The molecule has 3 rings (SSSR count). The van der Waals surface area contributed by atoms with Crippen LogP contribution < -0.4 is 4.74 Å². The largest absolute Gasteiger partial charge is 0.491 e. The van der Waals surface area contributed by atoms with E-state index in [1.165, 1.54) is 0 Å². The average molecular weight is 346 g/mol. The van der Waals surface area contributed by atoms with Crippen molar-refractivity contribution in [1.29, 1.82) is 0 Å². The van der Waals surface area contributed by atoms with E-state index in [9.17, 15) is 5.11 Å². The molecule has 0 radical (unpaired) electrons. The zero-order valence-electron chi connectivity index (χ0n) is 14.7. The maximum atomic E-state index is 10.2. The van der Waals surface area contributed by atoms with Crippen LogP contribution in [0.25, 0.3) is 0 Å². The molecule has 0 spiro atoms. The first-order chi connectivity index (χ1) is 12.2. The van der Waals surface area contributed by atoms with Gasteiger partial charge in [0, 0.05) is 39.1 Å². The van der Waals surface area contributed by atoms with Crippen molar-refractivity contribution in [1.82, 2.24) is 19.9 Å². The Kier molecular flexibility index (Phi) is 6.38. The molecule has 136 valence electrons. The van der Waals surface area contributed by atoms with Crippen molar-refractivity contribution in [2.45, 2.75) is 26.0 Å². The Balaban J connectivity index is 1.35. The molecule has 2 aromatic rings. The average Bonchev–Trinajstić information content (AvgIpc) is 3.10. The fourth-order valence-corrected chi connectivity index (χ4v) is 2.88. The minimum absolute atomic E-state index is 0.312. The number of nitrogens with zero attached hydrogens (tertiary/aromatic N) is 4. The Morgan fingerprint density at radius 2 is 1.88 bits per heavy atom. The Morgan fingerprint density at radius 3 is 2.56 bits per heavy atom. The molecule has 0 aliphatic carbocycles. The standard InChI is InChI=1S/C18H26N4O3/c1-2-17-19-18(25-20-17)13-22-10-8-21(9-11-22)12-15(23)14-24-16-6-4-3-5-7-16/h3-7,15,23H,2,8-14H2,1H3/t15-/m0/s1. The summed E-state index contributed by atoms with van der Waals surface area (Å²) in [5.41, 5.74) is 0. The number of benzene rings is 1. The fraction of sp³-hybridized carbons (Fsp3) is 0.556. The van der Waals surface area contributed by atoms with Crippen LogP contribution in [0.4, 0.5) is 0 Å². The van der Waals surface area contributed by atoms with Crippen molar-refractivity contribution < 1.29 is 14.4 Å². The molecule has 1 fully saturated rings. The highest BCUT2D eigenvalue weighted by molar-refractivity contribution is 5.20. The molecule has 7 heteroatoms. The zero-order valence-corrected chi connectivity index (χ0v) is 14.7. The topological polar surface area (TPSA) is 74.9 Å². The molecule has 0 bridgehead atoms. The number of aryl methyl sites for hydroxylation is 1. The molecule has 0 saturated carbocycles. The van der Waals surface area contributed by atoms with Gasteiger partial charge in [0.15, 0.2) is 5.82 Å². The molecule has 1 saturated heterocycles. The van der Waals surface area contributed by atoms with Gasteiger partial charge in [-0.3, -0.25) is 9.80 Å². The molecule has 1 atom stereocenters. The van der Waals surface area contributed by atoms with Crippen LogP contribution in [0.5, 0.6) is 5.75 Å². The number of hydrogen-bond donors (Lipinski definition) is 1. The van der Waals surface area contributed by atoms with Crippen molar-refractivity contribution in [3.05, 3.63) is 42.0 Å². The van der Waals surface area contributed by atoms with E-state index in [-0.39, 0.29) is 0 Å². The van der Waals surface area contributed by atoms with Gasteiger partial charge in [-0.2, -0.15) is 4.98 Å². The van der Waals surface area contributed by atoms with Crippen molar-refractivity contribution >= 4 is 0 Å². The van der Waals surface area contributed by atoms with E-state index >= 15 is 0 Å². The lowest BCUT2D eigenvalue weighted by Gasteiger charge is -2.34. The monoisotopic (exact) mass is 346 g/mol. The molecule has 1 aromatic heterocycles. The van der Waals surface area contributed by atoms with Gasteiger partial charge in [0.2, 0.25) is 5.89 Å². The number of aliphatic hydroxyl groups is 1. The van der Waals surface area contributed by atoms with Crippen molar-refractivity contribution in [3.8, 4) is 5.75 Å². The van der Waals surface area contributed by atoms with Crippen LogP contribution in [0.15, 0.2) is 34.9 Å². The predicted octanol–water partition coefficient (Wildman–Crippen LogP) is 1.19. The first kappa shape index (κ1) is 17.8. The van der Waals surface area contributed by atoms with E-state index in [2.05, 4.69) is 19.9 Å². The molecular weight excluding hydrogens is 320 g/mol.